The number of esters is 1. The zero-order valence-corrected chi connectivity index (χ0v) is 18.7. The molecule has 1 atom stereocenters. The van der Waals surface area contributed by atoms with Gasteiger partial charge in [0.1, 0.15) is 4.90 Å². The van der Waals surface area contributed by atoms with E-state index in [4.69, 9.17) is 39.5 Å². The number of hydrogen-bond acceptors (Lipinski definition) is 5. The Labute approximate surface area is 188 Å². The van der Waals surface area contributed by atoms with E-state index in [1.807, 2.05) is 0 Å². The lowest BCUT2D eigenvalue weighted by molar-refractivity contribution is -0.129. The van der Waals surface area contributed by atoms with Gasteiger partial charge in [-0.05, 0) is 56.2 Å². The highest BCUT2D eigenvalue weighted by atomic mass is 35.5. The number of carbonyl (C=O) groups is 2. The zero-order chi connectivity index (χ0) is 22.1. The highest BCUT2D eigenvalue weighted by Gasteiger charge is 2.28. The fraction of sp³-hybridized carbons (Fsp3) is 0.263. The van der Waals surface area contributed by atoms with Crippen molar-refractivity contribution < 1.29 is 22.7 Å². The Bertz CT molecular complexity index is 1100. The van der Waals surface area contributed by atoms with E-state index in [1.165, 1.54) is 37.3 Å². The summed E-state index contributed by atoms with van der Waals surface area (Å²) in [5, 5.41) is 3.02. The Hall–Kier alpha value is -2.00. The first-order valence-electron chi connectivity index (χ1n) is 8.85. The molecule has 11 heteroatoms. The molecular weight excluding hydrogens is 475 g/mol. The first-order chi connectivity index (χ1) is 14.1. The van der Waals surface area contributed by atoms with E-state index < -0.39 is 28.0 Å². The molecule has 1 saturated carbocycles. The minimum atomic E-state index is -4.20. The normalized spacial score (nSPS) is 14.7. The molecule has 0 aliphatic heterocycles. The highest BCUT2D eigenvalue weighted by molar-refractivity contribution is 7.92. The largest absolute Gasteiger partial charge is 0.449 e. The summed E-state index contributed by atoms with van der Waals surface area (Å²) >= 11 is 17.9. The van der Waals surface area contributed by atoms with E-state index in [0.29, 0.717) is 0 Å². The van der Waals surface area contributed by atoms with Crippen LogP contribution in [0.3, 0.4) is 0 Å². The molecule has 30 heavy (non-hydrogen) atoms. The Morgan fingerprint density at radius 2 is 1.73 bits per heavy atom. The molecule has 2 aromatic rings. The fourth-order valence-corrected chi connectivity index (χ4v) is 4.43. The predicted molar refractivity (Wildman–Crippen MR) is 115 cm³/mol. The van der Waals surface area contributed by atoms with Gasteiger partial charge < -0.3 is 10.1 Å². The Morgan fingerprint density at radius 1 is 1.07 bits per heavy atom. The molecule has 7 nitrogen and oxygen atoms in total. The van der Waals surface area contributed by atoms with Gasteiger partial charge in [-0.1, -0.05) is 34.8 Å². The van der Waals surface area contributed by atoms with Gasteiger partial charge in [0.15, 0.2) is 6.10 Å². The van der Waals surface area contributed by atoms with Crippen molar-refractivity contribution in [2.75, 3.05) is 4.72 Å². The summed E-state index contributed by atoms with van der Waals surface area (Å²) in [5.41, 5.74) is -0.0263. The van der Waals surface area contributed by atoms with Crippen LogP contribution in [0.5, 0.6) is 0 Å². The van der Waals surface area contributed by atoms with Crippen LogP contribution in [-0.2, 0) is 19.6 Å². The van der Waals surface area contributed by atoms with Gasteiger partial charge in [0.2, 0.25) is 0 Å². The number of nitrogens with one attached hydrogen (secondary N) is 2. The lowest BCUT2D eigenvalue weighted by atomic mass is 10.2. The van der Waals surface area contributed by atoms with Crippen molar-refractivity contribution in [3.8, 4) is 0 Å². The summed E-state index contributed by atoms with van der Waals surface area (Å²) in [7, 11) is -4.20. The molecule has 0 radical (unpaired) electrons. The van der Waals surface area contributed by atoms with Crippen molar-refractivity contribution in [2.45, 2.75) is 36.8 Å². The number of hydrogen-bond donors (Lipinski definition) is 2. The standard InChI is InChI=1S/C19H17Cl3N2O5S/c1-10(18(25)23-13-4-5-13)29-19(26)11-2-6-15(22)17(8-11)30(27,28)24-16-9-12(20)3-7-14(16)21/h2-3,6-10,13,24H,4-5H2,1H3,(H,23,25)/t10-/m0/s1. The third kappa shape index (κ3) is 5.57. The maximum absolute atomic E-state index is 12.8. The summed E-state index contributed by atoms with van der Waals surface area (Å²) in [5.74, 6) is -1.27. The van der Waals surface area contributed by atoms with E-state index in [-0.39, 0.29) is 37.3 Å². The Morgan fingerprint density at radius 3 is 2.40 bits per heavy atom. The SMILES string of the molecule is C[C@H](OC(=O)c1ccc(Cl)c(S(=O)(=O)Nc2cc(Cl)ccc2Cl)c1)C(=O)NC1CC1. The third-order valence-corrected chi connectivity index (χ3v) is 6.62. The van der Waals surface area contributed by atoms with Gasteiger partial charge in [-0.25, -0.2) is 13.2 Å². The van der Waals surface area contributed by atoms with Gasteiger partial charge in [-0.2, -0.15) is 0 Å². The Balaban J connectivity index is 1.80. The lowest BCUT2D eigenvalue weighted by Crippen LogP contribution is -2.37. The molecule has 160 valence electrons. The molecule has 0 bridgehead atoms. The molecule has 1 aliphatic rings. The summed E-state index contributed by atoms with van der Waals surface area (Å²) in [6.07, 6.45) is 0.764. The molecule has 0 unspecified atom stereocenters. The second-order valence-electron chi connectivity index (χ2n) is 6.71. The van der Waals surface area contributed by atoms with Gasteiger partial charge in [0.25, 0.3) is 15.9 Å². The first kappa shape index (κ1) is 22.7. The maximum atomic E-state index is 12.8. The smallest absolute Gasteiger partial charge is 0.338 e. The van der Waals surface area contributed by atoms with Crippen LogP contribution in [0.4, 0.5) is 5.69 Å². The molecule has 2 aromatic carbocycles. The monoisotopic (exact) mass is 490 g/mol. The number of halogens is 3. The third-order valence-electron chi connectivity index (χ3n) is 4.21. The van der Waals surface area contributed by atoms with Crippen molar-refractivity contribution in [3.05, 3.63) is 57.0 Å². The molecule has 1 fully saturated rings. The average Bonchev–Trinajstić information content (AvgIpc) is 3.48. The topological polar surface area (TPSA) is 102 Å². The number of anilines is 1. The number of carbonyl (C=O) groups excluding carboxylic acids is 2. The average molecular weight is 492 g/mol. The first-order valence-corrected chi connectivity index (χ1v) is 11.5. The van der Waals surface area contributed by atoms with E-state index in [0.717, 1.165) is 18.9 Å². The molecule has 1 aliphatic carbocycles. The van der Waals surface area contributed by atoms with Crippen molar-refractivity contribution in [3.63, 3.8) is 0 Å². The van der Waals surface area contributed by atoms with Gasteiger partial charge in [0.05, 0.1) is 21.3 Å². The molecule has 0 heterocycles. The number of ether oxygens (including phenoxy) is 1. The number of benzene rings is 2. The quantitative estimate of drug-likeness (QED) is 0.563. The molecule has 0 aromatic heterocycles. The van der Waals surface area contributed by atoms with Crippen LogP contribution in [0.1, 0.15) is 30.1 Å². The molecule has 0 saturated heterocycles. The van der Waals surface area contributed by atoms with E-state index >= 15 is 0 Å². The molecular formula is C19H17Cl3N2O5S. The van der Waals surface area contributed by atoms with Crippen molar-refractivity contribution in [1.29, 1.82) is 0 Å². The fourth-order valence-electron chi connectivity index (χ4n) is 2.44. The highest BCUT2D eigenvalue weighted by Crippen LogP contribution is 2.30. The number of rotatable bonds is 7. The van der Waals surface area contributed by atoms with E-state index in [1.54, 1.807) is 0 Å². The lowest BCUT2D eigenvalue weighted by Gasteiger charge is -2.15. The van der Waals surface area contributed by atoms with E-state index in [9.17, 15) is 18.0 Å². The van der Waals surface area contributed by atoms with Crippen molar-refractivity contribution in [2.24, 2.45) is 0 Å². The zero-order valence-electron chi connectivity index (χ0n) is 15.6. The maximum Gasteiger partial charge on any atom is 0.338 e. The Kier molecular flexibility index (Phi) is 6.81. The summed E-state index contributed by atoms with van der Waals surface area (Å²) in [4.78, 5) is 24.0. The molecule has 0 spiro atoms. The molecule has 3 rings (SSSR count). The van der Waals surface area contributed by atoms with Gasteiger partial charge in [0, 0.05) is 11.1 Å². The van der Waals surface area contributed by atoms with Gasteiger partial charge in [-0.15, -0.1) is 0 Å². The summed E-state index contributed by atoms with van der Waals surface area (Å²) in [6, 6.07) is 8.03. The van der Waals surface area contributed by atoms with Crippen molar-refractivity contribution >= 4 is 62.4 Å². The summed E-state index contributed by atoms with van der Waals surface area (Å²) < 4.78 is 33.0. The van der Waals surface area contributed by atoms with Crippen LogP contribution < -0.4 is 10.0 Å². The molecule has 2 N–H and O–H groups in total. The minimum Gasteiger partial charge on any atom is -0.449 e. The van der Waals surface area contributed by atoms with Gasteiger partial charge in [-0.3, -0.25) is 9.52 Å². The second-order valence-corrected chi connectivity index (χ2v) is 9.61. The molecule has 1 amide bonds. The summed E-state index contributed by atoms with van der Waals surface area (Å²) in [6.45, 7) is 1.44. The minimum absolute atomic E-state index is 0.0542. The predicted octanol–water partition coefficient (Wildman–Crippen LogP) is 4.27. The second kappa shape index (κ2) is 9.01. The number of sulfonamides is 1. The van der Waals surface area contributed by atoms with Crippen LogP contribution in [-0.4, -0.2) is 32.4 Å². The number of amides is 1. The van der Waals surface area contributed by atoms with Crippen LogP contribution in [0.2, 0.25) is 15.1 Å². The van der Waals surface area contributed by atoms with Crippen LogP contribution >= 0.6 is 34.8 Å². The van der Waals surface area contributed by atoms with Crippen molar-refractivity contribution in [1.82, 2.24) is 5.32 Å². The van der Waals surface area contributed by atoms with Crippen LogP contribution in [0.25, 0.3) is 0 Å². The van der Waals surface area contributed by atoms with Crippen LogP contribution in [0.15, 0.2) is 41.3 Å². The van der Waals surface area contributed by atoms with E-state index in [2.05, 4.69) is 10.0 Å². The van der Waals surface area contributed by atoms with Crippen LogP contribution in [0, 0.1) is 0 Å². The van der Waals surface area contributed by atoms with Gasteiger partial charge >= 0.3 is 5.97 Å².